The summed E-state index contributed by atoms with van der Waals surface area (Å²) in [6.45, 7) is 6.75. The summed E-state index contributed by atoms with van der Waals surface area (Å²) in [7, 11) is 2.19. The number of hydrogen-bond acceptors (Lipinski definition) is 3. The van der Waals surface area contributed by atoms with E-state index in [1.807, 2.05) is 12.3 Å². The van der Waals surface area contributed by atoms with Gasteiger partial charge >= 0.3 is 0 Å². The van der Waals surface area contributed by atoms with Gasteiger partial charge in [-0.1, -0.05) is 6.07 Å². The molecule has 0 aromatic heterocycles. The highest BCUT2D eigenvalue weighted by molar-refractivity contribution is 14.0. The maximum atomic E-state index is 13.5. The SMILES string of the molecule is CCNC(=NCc1ccc(F)cc1CSC)NCC1CCCN(C)C1.I. The Balaban J connectivity index is 0.00000338. The molecule has 0 bridgehead atoms. The maximum Gasteiger partial charge on any atom is 0.191 e. The molecular weight excluding hydrogens is 462 g/mol. The summed E-state index contributed by atoms with van der Waals surface area (Å²) in [4.78, 5) is 7.10. The number of nitrogens with one attached hydrogen (secondary N) is 2. The van der Waals surface area contributed by atoms with Gasteiger partial charge in [-0.3, -0.25) is 0 Å². The Morgan fingerprint density at radius 1 is 1.35 bits per heavy atom. The van der Waals surface area contributed by atoms with Crippen LogP contribution in [0.4, 0.5) is 4.39 Å². The molecule has 1 aliphatic rings. The summed E-state index contributed by atoms with van der Waals surface area (Å²) in [5, 5.41) is 6.79. The van der Waals surface area contributed by atoms with Gasteiger partial charge in [0.25, 0.3) is 0 Å². The van der Waals surface area contributed by atoms with Gasteiger partial charge in [0.1, 0.15) is 5.82 Å². The van der Waals surface area contributed by atoms with Crippen LogP contribution in [0.25, 0.3) is 0 Å². The number of rotatable bonds is 7. The van der Waals surface area contributed by atoms with Crippen molar-refractivity contribution < 1.29 is 4.39 Å². The monoisotopic (exact) mass is 494 g/mol. The van der Waals surface area contributed by atoms with Gasteiger partial charge in [0.05, 0.1) is 6.54 Å². The molecule has 1 fully saturated rings. The maximum absolute atomic E-state index is 13.5. The van der Waals surface area contributed by atoms with Crippen LogP contribution in [0, 0.1) is 11.7 Å². The van der Waals surface area contributed by atoms with Gasteiger partial charge < -0.3 is 15.5 Å². The minimum Gasteiger partial charge on any atom is -0.357 e. The molecule has 0 radical (unpaired) electrons. The molecule has 1 aliphatic heterocycles. The molecule has 1 heterocycles. The molecular formula is C19H32FIN4S. The van der Waals surface area contributed by atoms with Crippen LogP contribution in [0.15, 0.2) is 23.2 Å². The van der Waals surface area contributed by atoms with E-state index < -0.39 is 0 Å². The molecule has 1 unspecified atom stereocenters. The summed E-state index contributed by atoms with van der Waals surface area (Å²) in [6, 6.07) is 5.00. The normalized spacial score (nSPS) is 18.3. The first-order valence-electron chi connectivity index (χ1n) is 9.09. The Bertz CT molecular complexity index is 570. The van der Waals surface area contributed by atoms with Crippen molar-refractivity contribution >= 4 is 41.7 Å². The van der Waals surface area contributed by atoms with E-state index in [-0.39, 0.29) is 29.8 Å². The third-order valence-electron chi connectivity index (χ3n) is 4.50. The number of hydrogen-bond donors (Lipinski definition) is 2. The van der Waals surface area contributed by atoms with E-state index >= 15 is 0 Å². The van der Waals surface area contributed by atoms with Crippen molar-refractivity contribution in [2.24, 2.45) is 10.9 Å². The van der Waals surface area contributed by atoms with E-state index in [1.165, 1.54) is 25.5 Å². The molecule has 2 rings (SSSR count). The molecule has 26 heavy (non-hydrogen) atoms. The third kappa shape index (κ3) is 8.00. The van der Waals surface area contributed by atoms with Crippen LogP contribution >= 0.6 is 35.7 Å². The fourth-order valence-corrected chi connectivity index (χ4v) is 3.81. The van der Waals surface area contributed by atoms with Crippen molar-refractivity contribution in [3.05, 3.63) is 35.1 Å². The Hall–Kier alpha value is -0.540. The standard InChI is InChI=1S/C19H31FN4S.HI/c1-4-21-19(22-11-15-6-5-9-24(2)13-15)23-12-16-7-8-18(20)10-17(16)14-25-3;/h7-8,10,15H,4-6,9,11-14H2,1-3H3,(H2,21,22,23);1H. The second-order valence-electron chi connectivity index (χ2n) is 6.69. The van der Waals surface area contributed by atoms with Crippen LogP contribution in [0.5, 0.6) is 0 Å². The van der Waals surface area contributed by atoms with Gasteiger partial charge in [-0.2, -0.15) is 11.8 Å². The second kappa shape index (κ2) is 12.8. The molecule has 7 heteroatoms. The molecule has 148 valence electrons. The van der Waals surface area contributed by atoms with Gasteiger partial charge in [-0.15, -0.1) is 24.0 Å². The average molecular weight is 494 g/mol. The predicted octanol–water partition coefficient (Wildman–Crippen LogP) is 3.70. The molecule has 0 aliphatic carbocycles. The number of thioether (sulfide) groups is 1. The quantitative estimate of drug-likeness (QED) is 0.345. The lowest BCUT2D eigenvalue weighted by molar-refractivity contribution is 0.210. The van der Waals surface area contributed by atoms with Crippen LogP contribution in [0.2, 0.25) is 0 Å². The third-order valence-corrected chi connectivity index (χ3v) is 5.10. The highest BCUT2D eigenvalue weighted by atomic mass is 127. The van der Waals surface area contributed by atoms with Crippen molar-refractivity contribution in [1.29, 1.82) is 0 Å². The molecule has 1 saturated heterocycles. The molecule has 0 amide bonds. The number of aliphatic imine (C=N–C) groups is 1. The Morgan fingerprint density at radius 2 is 2.15 bits per heavy atom. The van der Waals surface area contributed by atoms with Crippen molar-refractivity contribution in [1.82, 2.24) is 15.5 Å². The van der Waals surface area contributed by atoms with E-state index in [0.29, 0.717) is 12.5 Å². The lowest BCUT2D eigenvalue weighted by Gasteiger charge is -2.30. The van der Waals surface area contributed by atoms with Crippen molar-refractivity contribution in [3.63, 3.8) is 0 Å². The minimum absolute atomic E-state index is 0. The first kappa shape index (κ1) is 23.5. The number of likely N-dealkylation sites (tertiary alicyclic amines) is 1. The number of guanidine groups is 1. The summed E-state index contributed by atoms with van der Waals surface area (Å²) in [5.41, 5.74) is 2.12. The van der Waals surface area contributed by atoms with Crippen molar-refractivity contribution in [2.75, 3.05) is 39.5 Å². The van der Waals surface area contributed by atoms with E-state index in [9.17, 15) is 4.39 Å². The van der Waals surface area contributed by atoms with Gasteiger partial charge in [0, 0.05) is 25.4 Å². The second-order valence-corrected chi connectivity index (χ2v) is 7.56. The minimum atomic E-state index is -0.178. The highest BCUT2D eigenvalue weighted by Gasteiger charge is 2.17. The fourth-order valence-electron chi connectivity index (χ4n) is 3.23. The average Bonchev–Trinajstić information content (AvgIpc) is 2.59. The number of halogens is 2. The zero-order chi connectivity index (χ0) is 18.1. The summed E-state index contributed by atoms with van der Waals surface area (Å²) in [6.07, 6.45) is 4.57. The molecule has 1 aromatic rings. The van der Waals surface area contributed by atoms with Gasteiger partial charge in [0.15, 0.2) is 5.96 Å². The first-order valence-corrected chi connectivity index (χ1v) is 10.5. The molecule has 4 nitrogen and oxygen atoms in total. The van der Waals surface area contributed by atoms with Gasteiger partial charge in [-0.05, 0) is 68.8 Å². The van der Waals surface area contributed by atoms with Crippen LogP contribution < -0.4 is 10.6 Å². The molecule has 0 spiro atoms. The van der Waals surface area contributed by atoms with Crippen LogP contribution in [-0.2, 0) is 12.3 Å². The Morgan fingerprint density at radius 3 is 2.85 bits per heavy atom. The predicted molar refractivity (Wildman–Crippen MR) is 122 cm³/mol. The van der Waals surface area contributed by atoms with E-state index in [2.05, 4.69) is 29.5 Å². The smallest absolute Gasteiger partial charge is 0.191 e. The van der Waals surface area contributed by atoms with Crippen molar-refractivity contribution in [3.8, 4) is 0 Å². The first-order chi connectivity index (χ1) is 12.1. The highest BCUT2D eigenvalue weighted by Crippen LogP contribution is 2.18. The largest absolute Gasteiger partial charge is 0.357 e. The number of piperidine rings is 1. The van der Waals surface area contributed by atoms with Crippen molar-refractivity contribution in [2.45, 2.75) is 32.1 Å². The lowest BCUT2D eigenvalue weighted by Crippen LogP contribution is -2.43. The molecule has 1 atom stereocenters. The molecule has 0 saturated carbocycles. The van der Waals surface area contributed by atoms with Crippen LogP contribution in [0.3, 0.4) is 0 Å². The Kier molecular flexibility index (Phi) is 11.5. The van der Waals surface area contributed by atoms with E-state index in [1.54, 1.807) is 17.8 Å². The Labute approximate surface area is 178 Å². The molecule has 1 aromatic carbocycles. The van der Waals surface area contributed by atoms with Gasteiger partial charge in [0.2, 0.25) is 0 Å². The van der Waals surface area contributed by atoms with E-state index in [0.717, 1.165) is 42.5 Å². The van der Waals surface area contributed by atoms with Gasteiger partial charge in [-0.25, -0.2) is 9.38 Å². The fraction of sp³-hybridized carbons (Fsp3) is 0.632. The van der Waals surface area contributed by atoms with Crippen LogP contribution in [0.1, 0.15) is 30.9 Å². The number of benzene rings is 1. The lowest BCUT2D eigenvalue weighted by atomic mass is 9.99. The molecule has 2 N–H and O–H groups in total. The van der Waals surface area contributed by atoms with Crippen LogP contribution in [-0.4, -0.2) is 50.3 Å². The summed E-state index contributed by atoms with van der Waals surface area (Å²) in [5.74, 6) is 2.14. The zero-order valence-corrected chi connectivity index (χ0v) is 19.2. The topological polar surface area (TPSA) is 39.7 Å². The zero-order valence-electron chi connectivity index (χ0n) is 16.1. The summed E-state index contributed by atoms with van der Waals surface area (Å²) < 4.78 is 13.5. The summed E-state index contributed by atoms with van der Waals surface area (Å²) >= 11 is 1.70. The van der Waals surface area contributed by atoms with E-state index in [4.69, 9.17) is 4.99 Å². The number of nitrogens with zero attached hydrogens (tertiary/aromatic N) is 2.